The van der Waals surface area contributed by atoms with Crippen molar-refractivity contribution in [2.45, 2.75) is 88.8 Å². The maximum Gasteiger partial charge on any atom is 0.328 e. The van der Waals surface area contributed by atoms with Crippen molar-refractivity contribution in [2.24, 2.45) is 0 Å². The maximum atomic E-state index is 13.9. The van der Waals surface area contributed by atoms with Crippen molar-refractivity contribution in [3.63, 3.8) is 0 Å². The Balaban J connectivity index is 1.18. The van der Waals surface area contributed by atoms with Gasteiger partial charge < -0.3 is 24.9 Å². The standard InChI is InChI=1S/C37H40N4O4/c42-32(43)18-13-25-11-15-28(16-12-25)38-36(45)37(19-4-5-20-37)39-35(44)27-14-17-29-31(24-27)41-23-7-22-40-21-6-10-30(40)34(41)33(29)26-8-2-1-3-9-26/h6,10-18,21,24,26H,1-5,7-9,19-20,22-23H2,(H,38,45)(H,39,44)(H,42,43)/b18-13+. The second-order valence-electron chi connectivity index (χ2n) is 12.9. The molecule has 45 heavy (non-hydrogen) atoms. The number of nitrogens with zero attached hydrogens (tertiary/aromatic N) is 2. The van der Waals surface area contributed by atoms with E-state index in [0.717, 1.165) is 49.5 Å². The molecule has 0 saturated heterocycles. The van der Waals surface area contributed by atoms with E-state index in [1.807, 2.05) is 12.1 Å². The lowest BCUT2D eigenvalue weighted by molar-refractivity contribution is -0.131. The van der Waals surface area contributed by atoms with Crippen LogP contribution in [0.5, 0.6) is 0 Å². The van der Waals surface area contributed by atoms with Crippen molar-refractivity contribution in [2.75, 3.05) is 5.32 Å². The lowest BCUT2D eigenvalue weighted by Gasteiger charge is -2.29. The van der Waals surface area contributed by atoms with E-state index in [4.69, 9.17) is 5.11 Å². The molecule has 2 aliphatic carbocycles. The number of aromatic nitrogens is 2. The third-order valence-electron chi connectivity index (χ3n) is 10.1. The molecular weight excluding hydrogens is 564 g/mol. The summed E-state index contributed by atoms with van der Waals surface area (Å²) < 4.78 is 4.82. The highest BCUT2D eigenvalue weighted by atomic mass is 16.4. The van der Waals surface area contributed by atoms with Crippen LogP contribution in [0.15, 0.2) is 66.9 Å². The number of carboxylic acid groups (broad SMARTS) is 1. The number of nitrogens with one attached hydrogen (secondary N) is 2. The largest absolute Gasteiger partial charge is 0.478 e. The minimum atomic E-state index is -1.02. The van der Waals surface area contributed by atoms with Crippen molar-refractivity contribution in [1.82, 2.24) is 14.5 Å². The Labute approximate surface area is 263 Å². The van der Waals surface area contributed by atoms with Gasteiger partial charge in [0.15, 0.2) is 0 Å². The summed E-state index contributed by atoms with van der Waals surface area (Å²) in [7, 11) is 0. The van der Waals surface area contributed by atoms with Gasteiger partial charge in [-0.25, -0.2) is 4.79 Å². The molecule has 3 heterocycles. The molecule has 0 bridgehead atoms. The monoisotopic (exact) mass is 604 g/mol. The topological polar surface area (TPSA) is 105 Å². The molecule has 8 nitrogen and oxygen atoms in total. The van der Waals surface area contributed by atoms with Crippen LogP contribution in [0.1, 0.15) is 91.6 Å². The van der Waals surface area contributed by atoms with Crippen LogP contribution in [0.4, 0.5) is 5.69 Å². The number of carboxylic acids is 1. The van der Waals surface area contributed by atoms with Crippen molar-refractivity contribution in [3.05, 3.63) is 83.6 Å². The third-order valence-corrected chi connectivity index (χ3v) is 10.1. The molecule has 0 unspecified atom stereocenters. The van der Waals surface area contributed by atoms with Crippen LogP contribution in [0.3, 0.4) is 0 Å². The molecule has 1 aliphatic heterocycles. The number of rotatable bonds is 7. The minimum Gasteiger partial charge on any atom is -0.478 e. The molecule has 2 amide bonds. The van der Waals surface area contributed by atoms with Crippen molar-refractivity contribution < 1.29 is 19.5 Å². The fourth-order valence-electron chi connectivity index (χ4n) is 7.83. The summed E-state index contributed by atoms with van der Waals surface area (Å²) in [6, 6.07) is 17.5. The lowest BCUT2D eigenvalue weighted by atomic mass is 9.82. The Morgan fingerprint density at radius 3 is 2.42 bits per heavy atom. The van der Waals surface area contributed by atoms with Gasteiger partial charge in [0.1, 0.15) is 5.54 Å². The summed E-state index contributed by atoms with van der Waals surface area (Å²) in [5.41, 5.74) is 6.03. The number of amides is 2. The van der Waals surface area contributed by atoms with Crippen LogP contribution < -0.4 is 10.6 Å². The van der Waals surface area contributed by atoms with Crippen LogP contribution in [0.25, 0.3) is 28.4 Å². The molecule has 3 N–H and O–H groups in total. The zero-order valence-corrected chi connectivity index (χ0v) is 25.6. The van der Waals surface area contributed by atoms with E-state index in [0.29, 0.717) is 30.0 Å². The van der Waals surface area contributed by atoms with E-state index in [1.165, 1.54) is 60.5 Å². The van der Waals surface area contributed by atoms with E-state index in [1.54, 1.807) is 24.3 Å². The van der Waals surface area contributed by atoms with Gasteiger partial charge in [0.2, 0.25) is 5.91 Å². The molecule has 0 radical (unpaired) electrons. The highest BCUT2D eigenvalue weighted by Gasteiger charge is 2.43. The van der Waals surface area contributed by atoms with E-state index in [9.17, 15) is 14.4 Å². The predicted octanol–water partition coefficient (Wildman–Crippen LogP) is 7.34. The average Bonchev–Trinajstić information content (AvgIpc) is 3.77. The van der Waals surface area contributed by atoms with Gasteiger partial charge in [-0.15, -0.1) is 0 Å². The van der Waals surface area contributed by atoms with Crippen LogP contribution in [0.2, 0.25) is 0 Å². The van der Waals surface area contributed by atoms with Gasteiger partial charge in [0.25, 0.3) is 5.91 Å². The van der Waals surface area contributed by atoms with Gasteiger partial charge in [-0.3, -0.25) is 9.59 Å². The Hall–Kier alpha value is -4.59. The lowest BCUT2D eigenvalue weighted by Crippen LogP contribution is -2.55. The number of fused-ring (bicyclic) bond motifs is 5. The SMILES string of the molecule is O=C(O)/C=C/c1ccc(NC(=O)C2(NC(=O)c3ccc4c(C5CCCCC5)c5n(c4c3)CCCn3cccc3-5)CCCC2)cc1. The summed E-state index contributed by atoms with van der Waals surface area (Å²) in [5, 5.41) is 16.3. The number of hydrogen-bond acceptors (Lipinski definition) is 3. The van der Waals surface area contributed by atoms with Gasteiger partial charge >= 0.3 is 5.97 Å². The Morgan fingerprint density at radius 2 is 1.67 bits per heavy atom. The summed E-state index contributed by atoms with van der Waals surface area (Å²) in [5.74, 6) is -0.945. The molecule has 2 fully saturated rings. The Bertz CT molecular complexity index is 1780. The maximum absolute atomic E-state index is 13.9. The van der Waals surface area contributed by atoms with Crippen molar-refractivity contribution >= 4 is 40.4 Å². The zero-order chi connectivity index (χ0) is 31.0. The first kappa shape index (κ1) is 29.1. The van der Waals surface area contributed by atoms with Gasteiger partial charge in [0, 0.05) is 47.5 Å². The second kappa shape index (κ2) is 12.1. The molecule has 2 aromatic carbocycles. The van der Waals surface area contributed by atoms with Crippen LogP contribution in [-0.2, 0) is 22.7 Å². The van der Waals surface area contributed by atoms with E-state index < -0.39 is 11.5 Å². The molecule has 2 saturated carbocycles. The quantitative estimate of drug-likeness (QED) is 0.192. The fourth-order valence-corrected chi connectivity index (χ4v) is 7.83. The first-order valence-corrected chi connectivity index (χ1v) is 16.4. The minimum absolute atomic E-state index is 0.222. The zero-order valence-electron chi connectivity index (χ0n) is 25.6. The van der Waals surface area contributed by atoms with E-state index in [-0.39, 0.29) is 11.8 Å². The molecule has 2 aromatic heterocycles. The number of carbonyl (C=O) groups is 3. The third kappa shape index (κ3) is 5.58. The summed E-state index contributed by atoms with van der Waals surface area (Å²) in [6.07, 6.45) is 14.9. The highest BCUT2D eigenvalue weighted by Crippen LogP contribution is 2.45. The fraction of sp³-hybridized carbons (Fsp3) is 0.378. The Kier molecular flexibility index (Phi) is 7.81. The summed E-state index contributed by atoms with van der Waals surface area (Å²) in [4.78, 5) is 38.4. The molecular formula is C37H40N4O4. The number of aliphatic carboxylic acids is 1. The molecule has 0 spiro atoms. The molecule has 8 heteroatoms. The number of carbonyl (C=O) groups excluding carboxylic acids is 2. The number of anilines is 1. The smallest absolute Gasteiger partial charge is 0.328 e. The van der Waals surface area contributed by atoms with Crippen molar-refractivity contribution in [3.8, 4) is 11.4 Å². The number of hydrogen-bond donors (Lipinski definition) is 3. The predicted molar refractivity (Wildman–Crippen MR) is 176 cm³/mol. The summed E-state index contributed by atoms with van der Waals surface area (Å²) in [6.45, 7) is 1.89. The number of benzene rings is 2. The first-order chi connectivity index (χ1) is 21.9. The van der Waals surface area contributed by atoms with Crippen LogP contribution >= 0.6 is 0 Å². The van der Waals surface area contributed by atoms with Crippen molar-refractivity contribution in [1.29, 1.82) is 0 Å². The average molecular weight is 605 g/mol. The molecule has 7 rings (SSSR count). The Morgan fingerprint density at radius 1 is 0.889 bits per heavy atom. The normalized spacial score (nSPS) is 18.0. The molecule has 232 valence electrons. The van der Waals surface area contributed by atoms with Crippen LogP contribution in [0, 0.1) is 0 Å². The first-order valence-electron chi connectivity index (χ1n) is 16.4. The van der Waals surface area contributed by atoms with Gasteiger partial charge in [-0.2, -0.15) is 0 Å². The summed E-state index contributed by atoms with van der Waals surface area (Å²) >= 11 is 0. The van der Waals surface area contributed by atoms with Gasteiger partial charge in [0.05, 0.1) is 11.4 Å². The van der Waals surface area contributed by atoms with E-state index in [2.05, 4.69) is 44.2 Å². The second-order valence-corrected chi connectivity index (χ2v) is 12.9. The van der Waals surface area contributed by atoms with Gasteiger partial charge in [-0.1, -0.05) is 50.3 Å². The highest BCUT2D eigenvalue weighted by molar-refractivity contribution is 6.06. The van der Waals surface area contributed by atoms with E-state index >= 15 is 0 Å². The van der Waals surface area contributed by atoms with Crippen LogP contribution in [-0.4, -0.2) is 37.6 Å². The number of aryl methyl sites for hydroxylation is 2. The van der Waals surface area contributed by atoms with Gasteiger partial charge in [-0.05, 0) is 91.6 Å². The molecule has 0 atom stereocenters. The molecule has 3 aliphatic rings. The molecule has 4 aromatic rings.